The van der Waals surface area contributed by atoms with Crippen molar-refractivity contribution in [3.8, 4) is 11.4 Å². The van der Waals surface area contributed by atoms with Gasteiger partial charge in [-0.25, -0.2) is 14.4 Å². The minimum Gasteiger partial charge on any atom is -0.226 e. The second kappa shape index (κ2) is 5.58. The van der Waals surface area contributed by atoms with Crippen molar-refractivity contribution in [3.63, 3.8) is 0 Å². The van der Waals surface area contributed by atoms with Crippen molar-refractivity contribution in [2.45, 2.75) is 0 Å². The number of hydrogen-bond acceptors (Lipinski definition) is 2. The minimum absolute atomic E-state index is 0.0201. The fourth-order valence-electron chi connectivity index (χ4n) is 1.89. The van der Waals surface area contributed by atoms with E-state index in [0.29, 0.717) is 26.5 Å². The van der Waals surface area contributed by atoms with Gasteiger partial charge in [0.05, 0.1) is 26.0 Å². The molecule has 0 saturated carbocycles. The summed E-state index contributed by atoms with van der Waals surface area (Å²) in [6, 6.07) is 7.48. The molecule has 106 valence electrons. The molecule has 7 heteroatoms. The Kier molecular flexibility index (Phi) is 3.93. The van der Waals surface area contributed by atoms with Crippen LogP contribution in [0, 0.1) is 5.82 Å². The van der Waals surface area contributed by atoms with E-state index in [-0.39, 0.29) is 16.0 Å². The lowest BCUT2D eigenvalue weighted by molar-refractivity contribution is 0.628. The summed E-state index contributed by atoms with van der Waals surface area (Å²) in [7, 11) is 0. The molecule has 0 aliphatic carbocycles. The van der Waals surface area contributed by atoms with Crippen molar-refractivity contribution in [1.82, 2.24) is 9.97 Å². The molecule has 0 saturated heterocycles. The molecule has 3 rings (SSSR count). The number of benzene rings is 2. The Hall–Kier alpha value is -1.13. The Bertz CT molecular complexity index is 867. The van der Waals surface area contributed by atoms with E-state index in [1.54, 1.807) is 18.2 Å². The van der Waals surface area contributed by atoms with Crippen LogP contribution in [0.5, 0.6) is 0 Å². The van der Waals surface area contributed by atoms with E-state index in [2.05, 4.69) is 9.97 Å². The van der Waals surface area contributed by atoms with Crippen LogP contribution < -0.4 is 0 Å². The van der Waals surface area contributed by atoms with Crippen molar-refractivity contribution < 1.29 is 4.39 Å². The molecular weight excluding hydrogens is 357 g/mol. The molecule has 0 aliphatic rings. The molecule has 0 bridgehead atoms. The summed E-state index contributed by atoms with van der Waals surface area (Å²) in [5, 5.41) is 1.41. The molecule has 0 unspecified atom stereocenters. The van der Waals surface area contributed by atoms with Gasteiger partial charge in [-0.2, -0.15) is 0 Å². The van der Waals surface area contributed by atoms with Gasteiger partial charge in [0.1, 0.15) is 11.0 Å². The number of halogens is 5. The summed E-state index contributed by atoms with van der Waals surface area (Å²) >= 11 is 24.0. The Morgan fingerprint density at radius 3 is 2.19 bits per heavy atom. The van der Waals surface area contributed by atoms with Crippen LogP contribution >= 0.6 is 46.4 Å². The zero-order chi connectivity index (χ0) is 15.1. The summed E-state index contributed by atoms with van der Waals surface area (Å²) < 4.78 is 13.6. The molecular formula is C14H5Cl4FN2. The lowest BCUT2D eigenvalue weighted by Crippen LogP contribution is -1.94. The molecule has 3 aromatic rings. The molecule has 0 spiro atoms. The predicted octanol–water partition coefficient (Wildman–Crippen LogP) is 6.05. The number of aromatic nitrogens is 2. The maximum atomic E-state index is 13.6. The number of hydrogen-bond donors (Lipinski definition) is 0. The Morgan fingerprint density at radius 2 is 1.48 bits per heavy atom. The summed E-state index contributed by atoms with van der Waals surface area (Å²) in [5.74, 6) is -0.321. The molecule has 0 fully saturated rings. The fraction of sp³-hybridized carbons (Fsp3) is 0. The highest BCUT2D eigenvalue weighted by Crippen LogP contribution is 2.34. The van der Waals surface area contributed by atoms with Gasteiger partial charge in [-0.15, -0.1) is 0 Å². The van der Waals surface area contributed by atoms with Crippen molar-refractivity contribution >= 4 is 57.3 Å². The van der Waals surface area contributed by atoms with Gasteiger partial charge >= 0.3 is 0 Å². The molecule has 2 aromatic carbocycles. The van der Waals surface area contributed by atoms with E-state index in [1.807, 2.05) is 0 Å². The third-order valence-electron chi connectivity index (χ3n) is 2.88. The highest BCUT2D eigenvalue weighted by atomic mass is 35.5. The number of rotatable bonds is 1. The van der Waals surface area contributed by atoms with Crippen LogP contribution in [-0.2, 0) is 0 Å². The highest BCUT2D eigenvalue weighted by molar-refractivity contribution is 6.44. The van der Waals surface area contributed by atoms with Gasteiger partial charge in [-0.3, -0.25) is 0 Å². The highest BCUT2D eigenvalue weighted by Gasteiger charge is 2.14. The van der Waals surface area contributed by atoms with Crippen LogP contribution in [0.25, 0.3) is 22.3 Å². The maximum Gasteiger partial charge on any atom is 0.161 e. The average Bonchev–Trinajstić information content (AvgIpc) is 2.45. The van der Waals surface area contributed by atoms with Crippen LogP contribution in [0.4, 0.5) is 4.39 Å². The van der Waals surface area contributed by atoms with Crippen molar-refractivity contribution in [2.24, 2.45) is 0 Å². The van der Waals surface area contributed by atoms with E-state index >= 15 is 0 Å². The summed E-state index contributed by atoms with van der Waals surface area (Å²) in [4.78, 5) is 8.46. The zero-order valence-electron chi connectivity index (χ0n) is 10.2. The lowest BCUT2D eigenvalue weighted by Gasteiger charge is -2.07. The molecule has 0 amide bonds. The maximum absolute atomic E-state index is 13.6. The number of nitrogens with zero attached hydrogens (tertiary/aromatic N) is 2. The third kappa shape index (κ3) is 2.67. The van der Waals surface area contributed by atoms with Crippen LogP contribution in [0.15, 0.2) is 30.3 Å². The first-order valence-electron chi connectivity index (χ1n) is 5.74. The topological polar surface area (TPSA) is 25.8 Å². The van der Waals surface area contributed by atoms with E-state index in [9.17, 15) is 4.39 Å². The normalized spacial score (nSPS) is 11.1. The minimum atomic E-state index is -0.564. The van der Waals surface area contributed by atoms with Gasteiger partial charge in [-0.05, 0) is 30.3 Å². The molecule has 0 radical (unpaired) electrons. The molecule has 0 atom stereocenters. The van der Waals surface area contributed by atoms with Gasteiger partial charge in [0.15, 0.2) is 5.82 Å². The van der Waals surface area contributed by atoms with Crippen molar-refractivity contribution in [2.75, 3.05) is 0 Å². The first-order chi connectivity index (χ1) is 9.97. The average molecular weight is 362 g/mol. The SMILES string of the molecule is Fc1cc(-c2nc(Cl)c3c(Cl)ccc(Cl)c3n2)ccc1Cl. The fourth-order valence-corrected chi connectivity index (χ4v) is 2.77. The van der Waals surface area contributed by atoms with Gasteiger partial charge in [0.25, 0.3) is 0 Å². The van der Waals surface area contributed by atoms with E-state index in [0.717, 1.165) is 0 Å². The summed E-state index contributed by atoms with van der Waals surface area (Å²) in [6.07, 6.45) is 0. The first kappa shape index (κ1) is 14.8. The smallest absolute Gasteiger partial charge is 0.161 e. The van der Waals surface area contributed by atoms with Crippen molar-refractivity contribution in [3.05, 3.63) is 56.4 Å². The van der Waals surface area contributed by atoms with E-state index in [4.69, 9.17) is 46.4 Å². The molecule has 21 heavy (non-hydrogen) atoms. The quantitative estimate of drug-likeness (QED) is 0.493. The second-order valence-corrected chi connectivity index (χ2v) is 5.80. The summed E-state index contributed by atoms with van der Waals surface area (Å²) in [5.41, 5.74) is 0.853. The molecule has 1 aromatic heterocycles. The van der Waals surface area contributed by atoms with Crippen LogP contribution in [-0.4, -0.2) is 9.97 Å². The third-order valence-corrected chi connectivity index (χ3v) is 4.08. The Morgan fingerprint density at radius 1 is 0.810 bits per heavy atom. The Labute approximate surface area is 139 Å². The molecule has 0 N–H and O–H groups in total. The van der Waals surface area contributed by atoms with Gasteiger partial charge in [0, 0.05) is 5.56 Å². The molecule has 1 heterocycles. The predicted molar refractivity (Wildman–Crippen MR) is 85.0 cm³/mol. The van der Waals surface area contributed by atoms with Crippen LogP contribution in [0.3, 0.4) is 0 Å². The largest absolute Gasteiger partial charge is 0.226 e. The van der Waals surface area contributed by atoms with E-state index < -0.39 is 5.82 Å². The van der Waals surface area contributed by atoms with Crippen LogP contribution in [0.1, 0.15) is 0 Å². The van der Waals surface area contributed by atoms with Gasteiger partial charge < -0.3 is 0 Å². The second-order valence-electron chi connectivity index (χ2n) is 4.22. The first-order valence-corrected chi connectivity index (χ1v) is 7.25. The van der Waals surface area contributed by atoms with E-state index in [1.165, 1.54) is 12.1 Å². The number of fused-ring (bicyclic) bond motifs is 1. The van der Waals surface area contributed by atoms with Gasteiger partial charge in [0.2, 0.25) is 0 Å². The zero-order valence-corrected chi connectivity index (χ0v) is 13.2. The monoisotopic (exact) mass is 360 g/mol. The Balaban J connectivity index is 2.30. The standard InChI is InChI=1S/C14H5Cl4FN2/c15-7-2-1-6(5-10(7)19)14-20-12-9(17)4-3-8(16)11(12)13(18)21-14/h1-5H. The molecule has 0 aliphatic heterocycles. The van der Waals surface area contributed by atoms with Gasteiger partial charge in [-0.1, -0.05) is 46.4 Å². The lowest BCUT2D eigenvalue weighted by atomic mass is 10.2. The van der Waals surface area contributed by atoms with Crippen LogP contribution in [0.2, 0.25) is 20.2 Å². The molecule has 2 nitrogen and oxygen atoms in total. The van der Waals surface area contributed by atoms with Crippen molar-refractivity contribution in [1.29, 1.82) is 0 Å². The summed E-state index contributed by atoms with van der Waals surface area (Å²) in [6.45, 7) is 0.